The molecule has 1 aliphatic rings. The van der Waals surface area contributed by atoms with E-state index in [0.717, 1.165) is 18.7 Å². The number of likely N-dealkylation sites (tertiary alicyclic amines) is 1. The highest BCUT2D eigenvalue weighted by Gasteiger charge is 2.35. The van der Waals surface area contributed by atoms with Gasteiger partial charge >= 0.3 is 6.18 Å². The van der Waals surface area contributed by atoms with Crippen molar-refractivity contribution in [2.75, 3.05) is 20.2 Å². The molecule has 4 nitrogen and oxygen atoms in total. The largest absolute Gasteiger partial charge is 0.416 e. The number of hydrogen-bond acceptors (Lipinski definition) is 3. The Kier molecular flexibility index (Phi) is 5.87. The number of amides is 1. The second kappa shape index (κ2) is 7.53. The molecule has 24 heavy (non-hydrogen) atoms. The van der Waals surface area contributed by atoms with Crippen LogP contribution >= 0.6 is 0 Å². The van der Waals surface area contributed by atoms with Gasteiger partial charge in [0.2, 0.25) is 5.91 Å². The van der Waals surface area contributed by atoms with Crippen LogP contribution in [0.25, 0.3) is 0 Å². The maximum atomic E-state index is 12.5. The summed E-state index contributed by atoms with van der Waals surface area (Å²) >= 11 is 0. The molecule has 1 heterocycles. The van der Waals surface area contributed by atoms with E-state index >= 15 is 0 Å². The molecule has 1 aliphatic heterocycles. The topological polar surface area (TPSA) is 41.6 Å². The van der Waals surface area contributed by atoms with E-state index in [1.807, 2.05) is 0 Å². The number of rotatable bonds is 5. The number of halogens is 3. The minimum atomic E-state index is -4.36. The first-order chi connectivity index (χ1) is 11.2. The van der Waals surface area contributed by atoms with Crippen LogP contribution in [0.4, 0.5) is 13.2 Å². The average Bonchev–Trinajstić information content (AvgIpc) is 2.90. The molecule has 0 bridgehead atoms. The Hall–Kier alpha value is -1.60. The van der Waals surface area contributed by atoms with Crippen molar-refractivity contribution < 1.29 is 22.7 Å². The van der Waals surface area contributed by atoms with Gasteiger partial charge in [0.1, 0.15) is 0 Å². The number of hydrogen-bond donors (Lipinski definition) is 1. The van der Waals surface area contributed by atoms with Gasteiger partial charge in [0.25, 0.3) is 0 Å². The molecule has 0 saturated carbocycles. The molecule has 0 aliphatic carbocycles. The summed E-state index contributed by atoms with van der Waals surface area (Å²) in [6.45, 7) is 5.62. The maximum absolute atomic E-state index is 12.5. The lowest BCUT2D eigenvalue weighted by molar-refractivity contribution is -0.137. The van der Waals surface area contributed by atoms with Crippen LogP contribution in [0.2, 0.25) is 0 Å². The zero-order valence-corrected chi connectivity index (χ0v) is 14.1. The fraction of sp³-hybridized carbons (Fsp3) is 0.588. The van der Waals surface area contributed by atoms with Gasteiger partial charge in [-0.25, -0.2) is 0 Å². The van der Waals surface area contributed by atoms with Gasteiger partial charge in [-0.3, -0.25) is 9.69 Å². The fourth-order valence-electron chi connectivity index (χ4n) is 2.86. The molecule has 134 valence electrons. The van der Waals surface area contributed by atoms with E-state index in [-0.39, 0.29) is 24.5 Å². The van der Waals surface area contributed by atoms with Gasteiger partial charge in [0, 0.05) is 26.2 Å². The first-order valence-corrected chi connectivity index (χ1v) is 7.93. The minimum absolute atomic E-state index is 0.0484. The van der Waals surface area contributed by atoms with E-state index in [1.165, 1.54) is 12.1 Å². The van der Waals surface area contributed by atoms with Gasteiger partial charge in [0.05, 0.1) is 24.1 Å². The number of ether oxygens (including phenoxy) is 1. The standard InChI is InChI=1S/C17H23F3N2O2/c1-11(2)22-9-14(15(10-22)24-3)21-16(23)8-12-4-6-13(7-5-12)17(18,19)20/h4-7,11,14-15H,8-10H2,1-3H3,(H,21,23)/t14-,15-/m1/s1. The van der Waals surface area contributed by atoms with E-state index in [2.05, 4.69) is 24.1 Å². The Balaban J connectivity index is 1.93. The molecular formula is C17H23F3N2O2. The van der Waals surface area contributed by atoms with Crippen LogP contribution in [0.1, 0.15) is 25.0 Å². The Morgan fingerprint density at radius 1 is 1.29 bits per heavy atom. The smallest absolute Gasteiger partial charge is 0.378 e. The summed E-state index contributed by atoms with van der Waals surface area (Å²) in [7, 11) is 1.61. The highest BCUT2D eigenvalue weighted by molar-refractivity contribution is 5.79. The van der Waals surface area contributed by atoms with Crippen molar-refractivity contribution in [2.45, 2.75) is 44.6 Å². The molecule has 1 aromatic carbocycles. The number of benzene rings is 1. The minimum Gasteiger partial charge on any atom is -0.378 e. The van der Waals surface area contributed by atoms with E-state index < -0.39 is 11.7 Å². The Morgan fingerprint density at radius 3 is 2.42 bits per heavy atom. The van der Waals surface area contributed by atoms with E-state index in [1.54, 1.807) is 7.11 Å². The molecule has 2 atom stereocenters. The molecule has 1 saturated heterocycles. The maximum Gasteiger partial charge on any atom is 0.416 e. The summed E-state index contributed by atoms with van der Waals surface area (Å²) < 4.78 is 43.0. The normalized spacial score (nSPS) is 22.1. The molecular weight excluding hydrogens is 321 g/mol. The van der Waals surface area contributed by atoms with Crippen molar-refractivity contribution in [1.29, 1.82) is 0 Å². The summed E-state index contributed by atoms with van der Waals surface area (Å²) in [5.41, 5.74) is -0.164. The Labute approximate surface area is 140 Å². The lowest BCUT2D eigenvalue weighted by Crippen LogP contribution is -2.44. The number of nitrogens with zero attached hydrogens (tertiary/aromatic N) is 1. The predicted molar refractivity (Wildman–Crippen MR) is 84.6 cm³/mol. The zero-order valence-electron chi connectivity index (χ0n) is 14.1. The van der Waals surface area contributed by atoms with Crippen molar-refractivity contribution in [2.24, 2.45) is 0 Å². The first-order valence-electron chi connectivity index (χ1n) is 7.93. The predicted octanol–water partition coefficient (Wildman–Crippen LogP) is 2.47. The summed E-state index contributed by atoms with van der Waals surface area (Å²) in [6, 6.07) is 4.92. The van der Waals surface area contributed by atoms with Crippen molar-refractivity contribution in [1.82, 2.24) is 10.2 Å². The zero-order chi connectivity index (χ0) is 17.9. The Morgan fingerprint density at radius 2 is 1.92 bits per heavy atom. The quantitative estimate of drug-likeness (QED) is 0.892. The van der Waals surface area contributed by atoms with Crippen molar-refractivity contribution in [3.63, 3.8) is 0 Å². The molecule has 1 amide bonds. The second-order valence-electron chi connectivity index (χ2n) is 6.37. The van der Waals surface area contributed by atoms with Gasteiger partial charge in [0.15, 0.2) is 0 Å². The van der Waals surface area contributed by atoms with Gasteiger partial charge in [-0.05, 0) is 31.5 Å². The third-order valence-corrected chi connectivity index (χ3v) is 4.32. The summed E-state index contributed by atoms with van der Waals surface area (Å²) in [4.78, 5) is 14.4. The second-order valence-corrected chi connectivity index (χ2v) is 6.37. The van der Waals surface area contributed by atoms with Crippen molar-refractivity contribution >= 4 is 5.91 Å². The van der Waals surface area contributed by atoms with Gasteiger partial charge in [-0.1, -0.05) is 12.1 Å². The fourth-order valence-corrected chi connectivity index (χ4v) is 2.86. The van der Waals surface area contributed by atoms with Crippen molar-refractivity contribution in [3.05, 3.63) is 35.4 Å². The number of carbonyl (C=O) groups is 1. The van der Waals surface area contributed by atoms with Crippen LogP contribution in [0, 0.1) is 0 Å². The molecule has 0 aromatic heterocycles. The van der Waals surface area contributed by atoms with Gasteiger partial charge < -0.3 is 10.1 Å². The Bertz CT molecular complexity index is 558. The van der Waals surface area contributed by atoms with Crippen LogP contribution in [0.15, 0.2) is 24.3 Å². The molecule has 1 N–H and O–H groups in total. The van der Waals surface area contributed by atoms with Crippen LogP contribution in [0.3, 0.4) is 0 Å². The lowest BCUT2D eigenvalue weighted by atomic mass is 10.1. The van der Waals surface area contributed by atoms with Crippen molar-refractivity contribution in [3.8, 4) is 0 Å². The van der Waals surface area contributed by atoms with Crippen LogP contribution in [-0.2, 0) is 22.1 Å². The molecule has 0 radical (unpaired) electrons. The van der Waals surface area contributed by atoms with Crippen LogP contribution < -0.4 is 5.32 Å². The molecule has 0 unspecified atom stereocenters. The van der Waals surface area contributed by atoms with E-state index in [4.69, 9.17) is 4.74 Å². The lowest BCUT2D eigenvalue weighted by Gasteiger charge is -2.20. The number of methoxy groups -OCH3 is 1. The van der Waals surface area contributed by atoms with Crippen LogP contribution in [-0.4, -0.2) is 49.2 Å². The number of nitrogens with one attached hydrogen (secondary N) is 1. The molecule has 1 fully saturated rings. The average molecular weight is 344 g/mol. The third-order valence-electron chi connectivity index (χ3n) is 4.32. The third kappa shape index (κ3) is 4.70. The van der Waals surface area contributed by atoms with E-state index in [0.29, 0.717) is 18.2 Å². The highest BCUT2D eigenvalue weighted by Crippen LogP contribution is 2.29. The van der Waals surface area contributed by atoms with Gasteiger partial charge in [-0.15, -0.1) is 0 Å². The molecule has 2 rings (SSSR count). The summed E-state index contributed by atoms with van der Waals surface area (Å²) in [5.74, 6) is -0.215. The van der Waals surface area contributed by atoms with E-state index in [9.17, 15) is 18.0 Å². The highest BCUT2D eigenvalue weighted by atomic mass is 19.4. The molecule has 0 spiro atoms. The van der Waals surface area contributed by atoms with Crippen LogP contribution in [0.5, 0.6) is 0 Å². The number of carbonyl (C=O) groups excluding carboxylic acids is 1. The number of alkyl halides is 3. The summed E-state index contributed by atoms with van der Waals surface area (Å²) in [5, 5.41) is 2.93. The monoisotopic (exact) mass is 344 g/mol. The summed E-state index contributed by atoms with van der Waals surface area (Å²) in [6.07, 6.45) is -4.40. The molecule has 7 heteroatoms. The SMILES string of the molecule is CO[C@@H]1CN(C(C)C)C[C@H]1NC(=O)Cc1ccc(C(F)(F)F)cc1. The van der Waals surface area contributed by atoms with Gasteiger partial charge in [-0.2, -0.15) is 13.2 Å². The first kappa shape index (κ1) is 18.7. The molecule has 1 aromatic rings.